The number of nitrogen functional groups attached to an aromatic ring is 1. The van der Waals surface area contributed by atoms with Crippen LogP contribution in [0.15, 0.2) is 131 Å². The summed E-state index contributed by atoms with van der Waals surface area (Å²) in [5, 5.41) is 17.4. The molecule has 21 heteroatoms. The number of hydrogen-bond donors (Lipinski definition) is 6. The second kappa shape index (κ2) is 24.4. The molecule has 390 valence electrons. The Kier molecular flexibility index (Phi) is 18.1. The van der Waals surface area contributed by atoms with Gasteiger partial charge in [0.1, 0.15) is 5.75 Å². The van der Waals surface area contributed by atoms with Gasteiger partial charge in [-0.15, -0.1) is 0 Å². The van der Waals surface area contributed by atoms with Crippen molar-refractivity contribution >= 4 is 96.8 Å². The molecule has 1 unspecified atom stereocenters. The van der Waals surface area contributed by atoms with E-state index >= 15 is 0 Å². The number of sulfonamides is 1. The van der Waals surface area contributed by atoms with Crippen LogP contribution in [0.5, 0.6) is 11.5 Å². The number of benzene rings is 6. The van der Waals surface area contributed by atoms with Crippen molar-refractivity contribution in [1.82, 2.24) is 20.2 Å². The fourth-order valence-corrected chi connectivity index (χ4v) is 9.73. The minimum absolute atomic E-state index is 0.00510. The number of hydrogen-bond acceptors (Lipinski definition) is 11. The number of carbonyl (C=O) groups excluding carboxylic acids is 1. The molecule has 7 aromatic rings. The molecule has 1 fully saturated rings. The first-order chi connectivity index (χ1) is 35.6. The lowest BCUT2D eigenvalue weighted by molar-refractivity contribution is -0.116. The van der Waals surface area contributed by atoms with Gasteiger partial charge in [0.25, 0.3) is 11.9 Å². The van der Waals surface area contributed by atoms with E-state index in [1.54, 1.807) is 6.07 Å². The summed E-state index contributed by atoms with van der Waals surface area (Å²) in [6.07, 6.45) is 5.07. The molecule has 0 aliphatic carbocycles. The molecule has 1 saturated heterocycles. The SMILES string of the molecule is CC(=N)NC(=O)/C(C)=C/c1cc(F)c(Oc2ccc(S(N)(=O)=O)cc2)c(F)c1.CN1Cc2c(Cl)cc(Cl)cc2C(c2ccc(N)cc2)C1.NC(N)=Nc1nc(-c2ccc(N3CCCCC3)cc2)c2cc(Cl)ccc2n1. The summed E-state index contributed by atoms with van der Waals surface area (Å²) in [7, 11) is -1.79. The molecule has 6 aromatic carbocycles. The van der Waals surface area contributed by atoms with Crippen molar-refractivity contribution in [3.63, 3.8) is 0 Å². The van der Waals surface area contributed by atoms with Gasteiger partial charge in [-0.3, -0.25) is 10.2 Å². The monoisotopic (exact) mass is 1100 g/mol. The third-order valence-electron chi connectivity index (χ3n) is 12.0. The van der Waals surface area contributed by atoms with E-state index < -0.39 is 33.3 Å². The quantitative estimate of drug-likeness (QED) is 0.0343. The van der Waals surface area contributed by atoms with Crippen molar-refractivity contribution in [2.24, 2.45) is 21.6 Å². The van der Waals surface area contributed by atoms with E-state index in [2.05, 4.69) is 73.5 Å². The molecular formula is C54H54Cl3F2N11O4S. The molecule has 1 aromatic heterocycles. The van der Waals surface area contributed by atoms with Crippen LogP contribution in [0.25, 0.3) is 28.2 Å². The lowest BCUT2D eigenvalue weighted by atomic mass is 9.85. The average molecular weight is 1100 g/mol. The highest BCUT2D eigenvalue weighted by atomic mass is 35.5. The normalized spacial score (nSPS) is 14.6. The fourth-order valence-electron chi connectivity index (χ4n) is 8.48. The number of piperidine rings is 1. The van der Waals surface area contributed by atoms with Gasteiger partial charge >= 0.3 is 0 Å². The number of primary sulfonamides is 1. The van der Waals surface area contributed by atoms with Crippen molar-refractivity contribution in [1.29, 1.82) is 5.41 Å². The number of halogens is 5. The lowest BCUT2D eigenvalue weighted by Gasteiger charge is -2.33. The minimum atomic E-state index is -3.90. The number of amides is 1. The van der Waals surface area contributed by atoms with Crippen molar-refractivity contribution < 1.29 is 26.7 Å². The maximum absolute atomic E-state index is 14.3. The number of amidine groups is 1. The maximum Gasteiger partial charge on any atom is 0.253 e. The summed E-state index contributed by atoms with van der Waals surface area (Å²) in [6, 6.07) is 32.5. The fraction of sp³-hybridized carbons (Fsp3) is 0.204. The van der Waals surface area contributed by atoms with Gasteiger partial charge in [0.05, 0.1) is 21.9 Å². The third-order valence-corrected chi connectivity index (χ3v) is 13.7. The molecule has 1 atom stereocenters. The molecule has 9 rings (SSSR count). The van der Waals surface area contributed by atoms with Crippen LogP contribution in [0.3, 0.4) is 0 Å². The zero-order chi connectivity index (χ0) is 54.1. The van der Waals surface area contributed by atoms with Gasteiger partial charge in [-0.1, -0.05) is 59.1 Å². The van der Waals surface area contributed by atoms with Crippen molar-refractivity contribution in [3.8, 4) is 22.8 Å². The molecule has 0 radical (unpaired) electrons. The Morgan fingerprint density at radius 1 is 0.853 bits per heavy atom. The first kappa shape index (κ1) is 55.6. The first-order valence-electron chi connectivity index (χ1n) is 23.4. The first-order valence-corrected chi connectivity index (χ1v) is 26.1. The number of carbonyl (C=O) groups is 1. The number of anilines is 2. The summed E-state index contributed by atoms with van der Waals surface area (Å²) >= 11 is 18.7. The summed E-state index contributed by atoms with van der Waals surface area (Å²) in [5.74, 6) is -2.90. The predicted octanol–water partition coefficient (Wildman–Crippen LogP) is 10.9. The summed E-state index contributed by atoms with van der Waals surface area (Å²) in [4.78, 5) is 29.3. The van der Waals surface area contributed by atoms with Gasteiger partial charge in [-0.05, 0) is 159 Å². The van der Waals surface area contributed by atoms with E-state index in [0.717, 1.165) is 83.3 Å². The second-order valence-corrected chi connectivity index (χ2v) is 20.7. The third kappa shape index (κ3) is 14.8. The van der Waals surface area contributed by atoms with Crippen LogP contribution in [0.4, 0.5) is 26.1 Å². The molecule has 10 N–H and O–H groups in total. The van der Waals surface area contributed by atoms with Gasteiger partial charge in [0, 0.05) is 75.1 Å². The standard InChI is InChI=1S/C20H21ClN6.C18H17F2N3O4S.C16H16Cl2N2/c21-14-6-9-17-16(12-14)18(25-20(24-17)26-19(22)23)13-4-7-15(8-5-13)27-10-2-1-3-11-27;1-10(18(24)23-11(2)21)7-12-8-15(19)17(16(20)9-12)27-13-3-5-14(6-4-13)28(22,25)26;1-20-8-14(10-2-4-12(19)5-3-10)13-6-11(17)7-16(18)15(13)9-20/h4-9,12H,1-3,10-11H2,(H4,22,23,24,25,26);3-9H,1-2H3,(H2,21,23,24)(H2,22,25,26);2-7,14H,8-9,19H2,1H3/b;10-7+;. The number of nitrogens with two attached hydrogens (primary N) is 4. The number of guanidine groups is 1. The van der Waals surface area contributed by atoms with E-state index in [0.29, 0.717) is 10.0 Å². The number of likely N-dealkylation sites (N-methyl/N-ethyl adjacent to an activating group) is 1. The Morgan fingerprint density at radius 3 is 2.12 bits per heavy atom. The number of nitrogens with one attached hydrogen (secondary N) is 2. The number of ether oxygens (including phenoxy) is 1. The maximum atomic E-state index is 14.3. The zero-order valence-corrected chi connectivity index (χ0v) is 44.1. The number of rotatable bonds is 9. The number of aromatic nitrogens is 2. The lowest BCUT2D eigenvalue weighted by Crippen LogP contribution is -2.31. The molecule has 15 nitrogen and oxygen atoms in total. The van der Waals surface area contributed by atoms with Crippen LogP contribution in [-0.4, -0.2) is 67.7 Å². The average Bonchev–Trinajstić information content (AvgIpc) is 3.35. The van der Waals surface area contributed by atoms with Crippen LogP contribution < -0.4 is 37.3 Å². The van der Waals surface area contributed by atoms with Crippen molar-refractivity contribution in [2.45, 2.75) is 50.5 Å². The molecule has 75 heavy (non-hydrogen) atoms. The molecule has 2 aliphatic rings. The molecule has 1 amide bonds. The minimum Gasteiger partial charge on any atom is -0.451 e. The van der Waals surface area contributed by atoms with Crippen molar-refractivity contribution in [2.75, 3.05) is 37.3 Å². The smallest absolute Gasteiger partial charge is 0.253 e. The van der Waals surface area contributed by atoms with Crippen LogP contribution >= 0.6 is 34.8 Å². The number of aliphatic imine (C=N–C) groups is 1. The zero-order valence-electron chi connectivity index (χ0n) is 41.1. The highest BCUT2D eigenvalue weighted by Crippen LogP contribution is 2.39. The highest BCUT2D eigenvalue weighted by Gasteiger charge is 2.27. The van der Waals surface area contributed by atoms with Gasteiger partial charge in [-0.25, -0.2) is 32.3 Å². The number of fused-ring (bicyclic) bond motifs is 2. The van der Waals surface area contributed by atoms with Crippen LogP contribution in [0.2, 0.25) is 15.1 Å². The van der Waals surface area contributed by atoms with Crippen LogP contribution in [-0.2, 0) is 21.4 Å². The predicted molar refractivity (Wildman–Crippen MR) is 296 cm³/mol. The summed E-state index contributed by atoms with van der Waals surface area (Å²) in [6.45, 7) is 6.85. The van der Waals surface area contributed by atoms with Gasteiger partial charge in [0.2, 0.25) is 10.0 Å². The molecular weight excluding hydrogens is 1040 g/mol. The van der Waals surface area contributed by atoms with E-state index in [1.165, 1.54) is 73.7 Å². The van der Waals surface area contributed by atoms with E-state index in [-0.39, 0.29) is 45.4 Å². The van der Waals surface area contributed by atoms with Crippen molar-refractivity contribution in [3.05, 3.63) is 170 Å². The number of nitrogens with zero attached hydrogens (tertiary/aromatic N) is 5. The summed E-state index contributed by atoms with van der Waals surface area (Å²) < 4.78 is 56.1. The summed E-state index contributed by atoms with van der Waals surface area (Å²) in [5.41, 5.74) is 25.1. The van der Waals surface area contributed by atoms with Gasteiger partial charge < -0.3 is 37.1 Å². The van der Waals surface area contributed by atoms with Crippen LogP contribution in [0, 0.1) is 17.0 Å². The van der Waals surface area contributed by atoms with Gasteiger partial charge in [0.15, 0.2) is 23.3 Å². The highest BCUT2D eigenvalue weighted by molar-refractivity contribution is 7.89. The Balaban J connectivity index is 0.000000166. The van der Waals surface area contributed by atoms with Crippen LogP contribution in [0.1, 0.15) is 61.3 Å². The molecule has 0 saturated carbocycles. The molecule has 0 spiro atoms. The molecule has 0 bridgehead atoms. The molecule has 3 heterocycles. The largest absolute Gasteiger partial charge is 0.451 e. The van der Waals surface area contributed by atoms with E-state index in [1.807, 2.05) is 36.4 Å². The van der Waals surface area contributed by atoms with E-state index in [4.69, 9.17) is 67.3 Å². The second-order valence-electron chi connectivity index (χ2n) is 17.9. The molecule has 2 aliphatic heterocycles. The van der Waals surface area contributed by atoms with Gasteiger partial charge in [-0.2, -0.15) is 4.99 Å². The Morgan fingerprint density at radius 2 is 1.51 bits per heavy atom. The Hall–Kier alpha value is -7.19. The van der Waals surface area contributed by atoms with E-state index in [9.17, 15) is 22.0 Å². The topological polar surface area (TPSA) is 245 Å². The Labute approximate surface area is 448 Å². The Bertz CT molecular complexity index is 3390.